The fraction of sp³-hybridized carbons (Fsp3) is 0.167. The first-order valence-electron chi connectivity index (χ1n) is 5.81. The van der Waals surface area contributed by atoms with Crippen molar-refractivity contribution in [3.8, 4) is 0 Å². The van der Waals surface area contributed by atoms with Crippen LogP contribution in [0.3, 0.4) is 0 Å². The largest absolute Gasteiger partial charge is 0.618 e. The summed E-state index contributed by atoms with van der Waals surface area (Å²) < 4.78 is 2.11. The summed E-state index contributed by atoms with van der Waals surface area (Å²) in [6.45, 7) is 1.78. The molecule has 3 aromatic heterocycles. The molecule has 102 valence electrons. The Kier molecular flexibility index (Phi) is 3.41. The van der Waals surface area contributed by atoms with Crippen molar-refractivity contribution in [2.75, 3.05) is 0 Å². The number of hydrogen-bond acceptors (Lipinski definition) is 6. The predicted octanol–water partition coefficient (Wildman–Crippen LogP) is 1.39. The molecule has 0 N–H and O–H groups in total. The van der Waals surface area contributed by atoms with Gasteiger partial charge in [0.2, 0.25) is 4.96 Å². The van der Waals surface area contributed by atoms with Crippen molar-refractivity contribution in [3.63, 3.8) is 0 Å². The fourth-order valence-electron chi connectivity index (χ4n) is 1.68. The molecule has 0 aromatic carbocycles. The van der Waals surface area contributed by atoms with Crippen LogP contribution >= 0.6 is 23.1 Å². The van der Waals surface area contributed by atoms with Crippen LogP contribution in [0.2, 0.25) is 0 Å². The molecule has 20 heavy (non-hydrogen) atoms. The van der Waals surface area contributed by atoms with Crippen LogP contribution in [0, 0.1) is 12.1 Å². The van der Waals surface area contributed by atoms with E-state index in [2.05, 4.69) is 10.1 Å². The van der Waals surface area contributed by atoms with Crippen LogP contribution in [0.15, 0.2) is 40.3 Å². The van der Waals surface area contributed by atoms with Gasteiger partial charge in [0.15, 0.2) is 6.20 Å². The van der Waals surface area contributed by atoms with E-state index < -0.39 is 0 Å². The van der Waals surface area contributed by atoms with Crippen LogP contribution in [0.5, 0.6) is 0 Å². The van der Waals surface area contributed by atoms with E-state index in [9.17, 15) is 10.0 Å². The SMILES string of the molecule is Cc1cc(=O)n2nc(CSc3cccc[n+]3[O-])sc2n1. The summed E-state index contributed by atoms with van der Waals surface area (Å²) in [5.74, 6) is 0.527. The first-order chi connectivity index (χ1) is 9.63. The molecule has 0 spiro atoms. The highest BCUT2D eigenvalue weighted by molar-refractivity contribution is 7.98. The quantitative estimate of drug-likeness (QED) is 0.415. The van der Waals surface area contributed by atoms with E-state index in [0.717, 1.165) is 9.74 Å². The maximum Gasteiger partial charge on any atom is 0.275 e. The number of aryl methyl sites for hydroxylation is 1. The summed E-state index contributed by atoms with van der Waals surface area (Å²) in [6.07, 6.45) is 1.45. The molecule has 0 radical (unpaired) electrons. The molecule has 3 aromatic rings. The van der Waals surface area contributed by atoms with E-state index in [4.69, 9.17) is 0 Å². The van der Waals surface area contributed by atoms with Gasteiger partial charge in [-0.3, -0.25) is 4.79 Å². The molecule has 0 saturated heterocycles. The summed E-state index contributed by atoms with van der Waals surface area (Å²) in [5, 5.41) is 17.1. The Balaban J connectivity index is 1.87. The molecule has 0 aliphatic heterocycles. The number of thioether (sulfide) groups is 1. The van der Waals surface area contributed by atoms with Crippen molar-refractivity contribution in [2.24, 2.45) is 0 Å². The molecular weight excluding hydrogens is 296 g/mol. The van der Waals surface area contributed by atoms with E-state index >= 15 is 0 Å². The van der Waals surface area contributed by atoms with Gasteiger partial charge < -0.3 is 5.21 Å². The Bertz CT molecular complexity index is 828. The highest BCUT2D eigenvalue weighted by Crippen LogP contribution is 2.22. The van der Waals surface area contributed by atoms with E-state index in [1.807, 2.05) is 6.07 Å². The summed E-state index contributed by atoms with van der Waals surface area (Å²) >= 11 is 2.74. The minimum absolute atomic E-state index is 0.182. The van der Waals surface area contributed by atoms with Gasteiger partial charge >= 0.3 is 0 Å². The zero-order valence-corrected chi connectivity index (χ0v) is 12.1. The molecule has 0 amide bonds. The highest BCUT2D eigenvalue weighted by Gasteiger charge is 2.10. The molecule has 0 bridgehead atoms. The molecule has 0 aliphatic rings. The highest BCUT2D eigenvalue weighted by atomic mass is 32.2. The van der Waals surface area contributed by atoms with Crippen molar-refractivity contribution < 1.29 is 4.73 Å². The molecule has 0 atom stereocenters. The summed E-state index contributed by atoms with van der Waals surface area (Å²) in [5.41, 5.74) is 0.497. The third-order valence-corrected chi connectivity index (χ3v) is 4.67. The third kappa shape index (κ3) is 2.52. The zero-order chi connectivity index (χ0) is 14.1. The molecule has 0 aliphatic carbocycles. The standard InChI is InChI=1S/C12H10N4O2S2/c1-8-6-10(17)16-12(13-8)20-9(14-16)7-19-11-4-2-3-5-15(11)18/h2-6H,7H2,1H3. The van der Waals surface area contributed by atoms with Gasteiger partial charge in [-0.1, -0.05) is 11.3 Å². The van der Waals surface area contributed by atoms with Gasteiger partial charge in [-0.2, -0.15) is 14.3 Å². The van der Waals surface area contributed by atoms with Crippen molar-refractivity contribution in [1.29, 1.82) is 0 Å². The lowest BCUT2D eigenvalue weighted by atomic mass is 10.5. The van der Waals surface area contributed by atoms with E-state index in [-0.39, 0.29) is 5.56 Å². The van der Waals surface area contributed by atoms with Crippen LogP contribution in [0.4, 0.5) is 0 Å². The second kappa shape index (κ2) is 5.22. The van der Waals surface area contributed by atoms with Gasteiger partial charge in [-0.15, -0.1) is 0 Å². The lowest BCUT2D eigenvalue weighted by Crippen LogP contribution is -2.27. The predicted molar refractivity (Wildman–Crippen MR) is 76.8 cm³/mol. The number of pyridine rings is 1. The van der Waals surface area contributed by atoms with Crippen molar-refractivity contribution in [1.82, 2.24) is 14.6 Å². The Morgan fingerprint density at radius 2 is 2.35 bits per heavy atom. The van der Waals surface area contributed by atoms with Crippen molar-refractivity contribution in [2.45, 2.75) is 17.7 Å². The minimum atomic E-state index is -0.182. The third-order valence-electron chi connectivity index (χ3n) is 2.55. The summed E-state index contributed by atoms with van der Waals surface area (Å²) in [6, 6.07) is 6.69. The van der Waals surface area contributed by atoms with E-state index in [1.54, 1.807) is 19.1 Å². The van der Waals surface area contributed by atoms with Crippen molar-refractivity contribution in [3.05, 3.63) is 56.7 Å². The van der Waals surface area contributed by atoms with E-state index in [0.29, 0.717) is 21.4 Å². The molecule has 6 nitrogen and oxygen atoms in total. The van der Waals surface area contributed by atoms with Crippen LogP contribution < -0.4 is 10.3 Å². The molecule has 0 saturated carbocycles. The Labute approximate surface area is 122 Å². The maximum absolute atomic E-state index is 11.7. The molecule has 3 heterocycles. The van der Waals surface area contributed by atoms with Gasteiger partial charge in [-0.05, 0) is 24.8 Å². The maximum atomic E-state index is 11.7. The van der Waals surface area contributed by atoms with Gasteiger partial charge in [0.25, 0.3) is 10.6 Å². The van der Waals surface area contributed by atoms with Crippen LogP contribution in [-0.2, 0) is 5.75 Å². The number of hydrogen-bond donors (Lipinski definition) is 0. The number of nitrogens with zero attached hydrogens (tertiary/aromatic N) is 4. The summed E-state index contributed by atoms with van der Waals surface area (Å²) in [7, 11) is 0. The lowest BCUT2D eigenvalue weighted by Gasteiger charge is -2.00. The molecule has 3 rings (SSSR count). The average Bonchev–Trinajstić information content (AvgIpc) is 2.81. The molecule has 0 unspecified atom stereocenters. The van der Waals surface area contributed by atoms with Gasteiger partial charge in [0.1, 0.15) is 5.01 Å². The van der Waals surface area contributed by atoms with E-state index in [1.165, 1.54) is 39.9 Å². The van der Waals surface area contributed by atoms with Crippen LogP contribution in [-0.4, -0.2) is 14.6 Å². The molecular formula is C12H10N4O2S2. The molecule has 8 heteroatoms. The number of rotatable bonds is 3. The monoisotopic (exact) mass is 306 g/mol. The van der Waals surface area contributed by atoms with Gasteiger partial charge in [-0.25, -0.2) is 4.98 Å². The fourth-order valence-corrected chi connectivity index (χ4v) is 3.52. The first kappa shape index (κ1) is 13.1. The smallest absolute Gasteiger partial charge is 0.275 e. The van der Waals surface area contributed by atoms with Gasteiger partial charge in [0, 0.05) is 23.9 Å². The van der Waals surface area contributed by atoms with Crippen molar-refractivity contribution >= 4 is 28.1 Å². The second-order valence-corrected chi connectivity index (χ2v) is 6.12. The Morgan fingerprint density at radius 1 is 1.50 bits per heavy atom. The second-order valence-electron chi connectivity index (χ2n) is 4.08. The Morgan fingerprint density at radius 3 is 3.15 bits per heavy atom. The van der Waals surface area contributed by atoms with Crippen LogP contribution in [0.1, 0.15) is 10.7 Å². The van der Waals surface area contributed by atoms with Gasteiger partial charge in [0.05, 0.1) is 5.75 Å². The lowest BCUT2D eigenvalue weighted by molar-refractivity contribution is -0.645. The normalized spacial score (nSPS) is 11.1. The Hall–Kier alpha value is -1.93. The average molecular weight is 306 g/mol. The van der Waals surface area contributed by atoms with Crippen LogP contribution in [0.25, 0.3) is 4.96 Å². The summed E-state index contributed by atoms with van der Waals surface area (Å²) in [4.78, 5) is 16.6. The number of fused-ring (bicyclic) bond motifs is 1. The first-order valence-corrected chi connectivity index (χ1v) is 7.61. The molecule has 0 fully saturated rings. The number of aromatic nitrogens is 4. The minimum Gasteiger partial charge on any atom is -0.618 e. The topological polar surface area (TPSA) is 74.2 Å². The zero-order valence-electron chi connectivity index (χ0n) is 10.5.